The normalized spacial score (nSPS) is 16.9. The average molecular weight is 200 g/mol. The minimum absolute atomic E-state index is 0.552. The summed E-state index contributed by atoms with van der Waals surface area (Å²) in [6.45, 7) is 4.28. The van der Waals surface area contributed by atoms with Gasteiger partial charge in [0.2, 0.25) is 0 Å². The minimum Gasteiger partial charge on any atom is -0.382 e. The van der Waals surface area contributed by atoms with Gasteiger partial charge in [-0.15, -0.1) is 0 Å². The second kappa shape index (κ2) is 3.94. The second-order valence-corrected chi connectivity index (χ2v) is 4.41. The summed E-state index contributed by atoms with van der Waals surface area (Å²) in [5, 5.41) is 12.3. The molecule has 0 heterocycles. The Kier molecular flexibility index (Phi) is 2.64. The van der Waals surface area contributed by atoms with Crippen LogP contribution in [0.15, 0.2) is 18.2 Å². The Labute approximate surface area is 90.9 Å². The number of nitriles is 1. The predicted molar refractivity (Wildman–Crippen MR) is 61.7 cm³/mol. The molecule has 1 saturated carbocycles. The van der Waals surface area contributed by atoms with Crippen LogP contribution in [0.2, 0.25) is 0 Å². The Morgan fingerprint density at radius 2 is 2.20 bits per heavy atom. The molecule has 1 atom stereocenters. The number of nitrogens with zero attached hydrogens (tertiary/aromatic N) is 1. The molecule has 0 amide bonds. The molecule has 1 N–H and O–H groups in total. The summed E-state index contributed by atoms with van der Waals surface area (Å²) in [5.74, 6) is 0.847. The van der Waals surface area contributed by atoms with Crippen molar-refractivity contribution in [2.24, 2.45) is 5.92 Å². The molecule has 1 aliphatic carbocycles. The maximum atomic E-state index is 8.76. The van der Waals surface area contributed by atoms with Crippen LogP contribution in [0.5, 0.6) is 0 Å². The van der Waals surface area contributed by atoms with E-state index in [4.69, 9.17) is 5.26 Å². The largest absolute Gasteiger partial charge is 0.382 e. The summed E-state index contributed by atoms with van der Waals surface area (Å²) in [5.41, 5.74) is 3.05. The Balaban J connectivity index is 2.11. The Bertz CT molecular complexity index is 399. The average Bonchev–Trinajstić information content (AvgIpc) is 3.04. The third-order valence-corrected chi connectivity index (χ3v) is 3.07. The third-order valence-electron chi connectivity index (χ3n) is 3.07. The van der Waals surface area contributed by atoms with Crippen molar-refractivity contribution in [3.05, 3.63) is 29.3 Å². The number of hydrogen-bond donors (Lipinski definition) is 1. The van der Waals surface area contributed by atoms with Crippen LogP contribution in [0.3, 0.4) is 0 Å². The highest BCUT2D eigenvalue weighted by molar-refractivity contribution is 5.54. The van der Waals surface area contributed by atoms with E-state index in [1.54, 1.807) is 0 Å². The molecule has 78 valence electrons. The molecular weight excluding hydrogens is 184 g/mol. The van der Waals surface area contributed by atoms with Gasteiger partial charge in [0.15, 0.2) is 0 Å². The fourth-order valence-corrected chi connectivity index (χ4v) is 1.85. The maximum absolute atomic E-state index is 8.76. The van der Waals surface area contributed by atoms with E-state index in [1.165, 1.54) is 12.8 Å². The summed E-state index contributed by atoms with van der Waals surface area (Å²) in [6, 6.07) is 8.52. The van der Waals surface area contributed by atoms with Gasteiger partial charge in [0.25, 0.3) is 0 Å². The first kappa shape index (κ1) is 10.0. The summed E-state index contributed by atoms with van der Waals surface area (Å²) < 4.78 is 0. The molecule has 1 aromatic carbocycles. The lowest BCUT2D eigenvalue weighted by Gasteiger charge is -2.16. The number of aryl methyl sites for hydroxylation is 1. The smallest absolute Gasteiger partial charge is 0.0991 e. The van der Waals surface area contributed by atoms with Crippen LogP contribution in [0.4, 0.5) is 5.69 Å². The SMILES string of the molecule is Cc1cc(C#N)ccc1NC(C)C1CC1. The lowest BCUT2D eigenvalue weighted by Crippen LogP contribution is -2.17. The van der Waals surface area contributed by atoms with Crippen molar-refractivity contribution in [2.75, 3.05) is 5.32 Å². The van der Waals surface area contributed by atoms with E-state index in [-0.39, 0.29) is 0 Å². The Morgan fingerprint density at radius 1 is 1.47 bits per heavy atom. The van der Waals surface area contributed by atoms with Crippen molar-refractivity contribution >= 4 is 5.69 Å². The number of hydrogen-bond acceptors (Lipinski definition) is 2. The molecule has 0 saturated heterocycles. The molecule has 1 aromatic rings. The van der Waals surface area contributed by atoms with Crippen LogP contribution in [-0.2, 0) is 0 Å². The molecular formula is C13H16N2. The van der Waals surface area contributed by atoms with Crippen molar-refractivity contribution in [1.29, 1.82) is 5.26 Å². The van der Waals surface area contributed by atoms with Crippen molar-refractivity contribution in [3.8, 4) is 6.07 Å². The van der Waals surface area contributed by atoms with Crippen molar-refractivity contribution in [1.82, 2.24) is 0 Å². The fraction of sp³-hybridized carbons (Fsp3) is 0.462. The number of rotatable bonds is 3. The highest BCUT2D eigenvalue weighted by Gasteiger charge is 2.27. The van der Waals surface area contributed by atoms with Crippen molar-refractivity contribution in [2.45, 2.75) is 32.7 Å². The molecule has 0 aliphatic heterocycles. The molecule has 15 heavy (non-hydrogen) atoms. The highest BCUT2D eigenvalue weighted by atomic mass is 14.9. The molecule has 2 rings (SSSR count). The molecule has 0 bridgehead atoms. The van der Waals surface area contributed by atoms with E-state index >= 15 is 0 Å². The zero-order valence-electron chi connectivity index (χ0n) is 9.25. The van der Waals surface area contributed by atoms with Gasteiger partial charge in [0.1, 0.15) is 0 Å². The van der Waals surface area contributed by atoms with Crippen LogP contribution >= 0.6 is 0 Å². The third kappa shape index (κ3) is 2.30. The van der Waals surface area contributed by atoms with Gasteiger partial charge in [-0.2, -0.15) is 5.26 Å². The molecule has 1 fully saturated rings. The van der Waals surface area contributed by atoms with Crippen LogP contribution in [-0.4, -0.2) is 6.04 Å². The van der Waals surface area contributed by atoms with Gasteiger partial charge in [0.05, 0.1) is 11.6 Å². The molecule has 2 nitrogen and oxygen atoms in total. The molecule has 0 radical (unpaired) electrons. The number of benzene rings is 1. The maximum Gasteiger partial charge on any atom is 0.0991 e. The Morgan fingerprint density at radius 3 is 2.73 bits per heavy atom. The van der Waals surface area contributed by atoms with Crippen LogP contribution in [0.1, 0.15) is 30.9 Å². The standard InChI is InChI=1S/C13H16N2/c1-9-7-11(8-14)3-6-13(9)15-10(2)12-4-5-12/h3,6-7,10,12,15H,4-5H2,1-2H3. The van der Waals surface area contributed by atoms with Gasteiger partial charge in [-0.1, -0.05) is 0 Å². The second-order valence-electron chi connectivity index (χ2n) is 4.41. The fourth-order valence-electron chi connectivity index (χ4n) is 1.85. The lowest BCUT2D eigenvalue weighted by molar-refractivity contribution is 0.693. The van der Waals surface area contributed by atoms with Crippen LogP contribution in [0.25, 0.3) is 0 Å². The Hall–Kier alpha value is -1.49. The summed E-state index contributed by atoms with van der Waals surface area (Å²) in [6.07, 6.45) is 2.70. The highest BCUT2D eigenvalue weighted by Crippen LogP contribution is 2.34. The van der Waals surface area contributed by atoms with Crippen molar-refractivity contribution < 1.29 is 0 Å². The van der Waals surface area contributed by atoms with Gasteiger partial charge in [0, 0.05) is 11.7 Å². The van der Waals surface area contributed by atoms with E-state index in [1.807, 2.05) is 25.1 Å². The van der Waals surface area contributed by atoms with E-state index in [9.17, 15) is 0 Å². The van der Waals surface area contributed by atoms with E-state index < -0.39 is 0 Å². The monoisotopic (exact) mass is 200 g/mol. The molecule has 0 spiro atoms. The number of nitrogens with one attached hydrogen (secondary N) is 1. The van der Waals surface area contributed by atoms with E-state index in [2.05, 4.69) is 18.3 Å². The van der Waals surface area contributed by atoms with Gasteiger partial charge < -0.3 is 5.32 Å². The molecule has 1 unspecified atom stereocenters. The topological polar surface area (TPSA) is 35.8 Å². The van der Waals surface area contributed by atoms with Gasteiger partial charge in [-0.05, 0) is 56.4 Å². The first-order valence-electron chi connectivity index (χ1n) is 5.48. The van der Waals surface area contributed by atoms with Gasteiger partial charge in [-0.25, -0.2) is 0 Å². The van der Waals surface area contributed by atoms with E-state index in [0.717, 1.165) is 22.7 Å². The van der Waals surface area contributed by atoms with Gasteiger partial charge >= 0.3 is 0 Å². The quantitative estimate of drug-likeness (QED) is 0.813. The first-order valence-corrected chi connectivity index (χ1v) is 5.48. The molecule has 1 aliphatic rings. The molecule has 2 heteroatoms. The number of anilines is 1. The minimum atomic E-state index is 0.552. The summed E-state index contributed by atoms with van der Waals surface area (Å²) in [7, 11) is 0. The lowest BCUT2D eigenvalue weighted by atomic mass is 10.1. The first-order chi connectivity index (χ1) is 7.20. The zero-order chi connectivity index (χ0) is 10.8. The van der Waals surface area contributed by atoms with Gasteiger partial charge in [-0.3, -0.25) is 0 Å². The summed E-state index contributed by atoms with van der Waals surface area (Å²) in [4.78, 5) is 0. The van der Waals surface area contributed by atoms with Crippen molar-refractivity contribution in [3.63, 3.8) is 0 Å². The van der Waals surface area contributed by atoms with Crippen LogP contribution < -0.4 is 5.32 Å². The van der Waals surface area contributed by atoms with Crippen LogP contribution in [0, 0.1) is 24.2 Å². The summed E-state index contributed by atoms with van der Waals surface area (Å²) >= 11 is 0. The van der Waals surface area contributed by atoms with E-state index in [0.29, 0.717) is 6.04 Å². The zero-order valence-corrected chi connectivity index (χ0v) is 9.25. The molecule has 0 aromatic heterocycles. The predicted octanol–water partition coefficient (Wildman–Crippen LogP) is 3.08.